The van der Waals surface area contributed by atoms with Crippen molar-refractivity contribution in [3.05, 3.63) is 30.1 Å². The molecular formula is C15H19FN2O2. The number of hydrogen-bond donors (Lipinski definition) is 0. The molecule has 5 heteroatoms. The van der Waals surface area contributed by atoms with Crippen LogP contribution in [0.5, 0.6) is 5.75 Å². The highest BCUT2D eigenvalue weighted by Gasteiger charge is 2.32. The number of rotatable bonds is 5. The van der Waals surface area contributed by atoms with Crippen LogP contribution in [0.3, 0.4) is 0 Å². The summed E-state index contributed by atoms with van der Waals surface area (Å²) in [6.07, 6.45) is 2.11. The largest absolute Gasteiger partial charge is 0.485 e. The minimum atomic E-state index is -0.300. The molecule has 1 aromatic carbocycles. The average molecular weight is 278 g/mol. The Morgan fingerprint density at radius 2 is 2.20 bits per heavy atom. The Hall–Kier alpha value is -1.62. The summed E-state index contributed by atoms with van der Waals surface area (Å²) >= 11 is 0. The van der Waals surface area contributed by atoms with E-state index in [-0.39, 0.29) is 18.0 Å². The summed E-state index contributed by atoms with van der Waals surface area (Å²) in [5, 5.41) is 4.05. The van der Waals surface area contributed by atoms with Crippen LogP contribution >= 0.6 is 0 Å². The first-order valence-corrected chi connectivity index (χ1v) is 7.09. The van der Waals surface area contributed by atoms with Crippen molar-refractivity contribution in [1.29, 1.82) is 0 Å². The number of nitrogens with zero attached hydrogens (tertiary/aromatic N) is 2. The number of hydrogen-bond acceptors (Lipinski definition) is 4. The molecular weight excluding hydrogens is 259 g/mol. The third-order valence-corrected chi connectivity index (χ3v) is 3.72. The Labute approximate surface area is 118 Å². The van der Waals surface area contributed by atoms with E-state index in [9.17, 15) is 4.39 Å². The average Bonchev–Trinajstić information content (AvgIpc) is 2.86. The summed E-state index contributed by atoms with van der Waals surface area (Å²) in [6.45, 7) is 4.59. The lowest BCUT2D eigenvalue weighted by Gasteiger charge is -2.39. The van der Waals surface area contributed by atoms with Crippen molar-refractivity contribution in [3.63, 3.8) is 0 Å². The van der Waals surface area contributed by atoms with Gasteiger partial charge in [-0.25, -0.2) is 4.39 Å². The monoisotopic (exact) mass is 278 g/mol. The molecule has 0 N–H and O–H groups in total. The minimum Gasteiger partial charge on any atom is -0.485 e. The standard InChI is InChI=1S/C15H19FN2O2/c1-2-11-7-12(20-17-11)8-18-9-13(10-18)19-15-6-4-3-5-14(15)16/h3-6,12-13H,2,7-10H2,1H3. The molecule has 0 spiro atoms. The summed E-state index contributed by atoms with van der Waals surface area (Å²) in [7, 11) is 0. The highest BCUT2D eigenvalue weighted by atomic mass is 19.1. The molecule has 1 atom stereocenters. The van der Waals surface area contributed by atoms with Crippen molar-refractivity contribution in [3.8, 4) is 5.75 Å². The van der Waals surface area contributed by atoms with Crippen LogP contribution in [0, 0.1) is 5.82 Å². The van der Waals surface area contributed by atoms with Crippen LogP contribution in [-0.2, 0) is 4.84 Å². The van der Waals surface area contributed by atoms with E-state index in [1.807, 2.05) is 0 Å². The maximum Gasteiger partial charge on any atom is 0.165 e. The summed E-state index contributed by atoms with van der Waals surface area (Å²) < 4.78 is 19.1. The molecule has 0 saturated carbocycles. The second-order valence-corrected chi connectivity index (χ2v) is 5.33. The summed E-state index contributed by atoms with van der Waals surface area (Å²) in [5.74, 6) is 0.0388. The van der Waals surface area contributed by atoms with Crippen molar-refractivity contribution in [1.82, 2.24) is 4.90 Å². The maximum atomic E-state index is 13.4. The normalized spacial score (nSPS) is 23.1. The molecule has 20 heavy (non-hydrogen) atoms. The van der Waals surface area contributed by atoms with Gasteiger partial charge in [-0.05, 0) is 18.6 Å². The highest BCUT2D eigenvalue weighted by Crippen LogP contribution is 2.22. The molecule has 0 bridgehead atoms. The zero-order chi connectivity index (χ0) is 13.9. The van der Waals surface area contributed by atoms with E-state index >= 15 is 0 Å². The van der Waals surface area contributed by atoms with Gasteiger partial charge in [0, 0.05) is 26.1 Å². The minimum absolute atomic E-state index is 0.0693. The molecule has 0 aromatic heterocycles. The van der Waals surface area contributed by atoms with Gasteiger partial charge in [-0.3, -0.25) is 4.90 Å². The number of oxime groups is 1. The van der Waals surface area contributed by atoms with Gasteiger partial charge in [-0.1, -0.05) is 24.2 Å². The SMILES string of the molecule is CCC1=NOC(CN2CC(Oc3ccccc3F)C2)C1. The topological polar surface area (TPSA) is 34.1 Å². The van der Waals surface area contributed by atoms with Gasteiger partial charge < -0.3 is 9.57 Å². The van der Waals surface area contributed by atoms with Crippen molar-refractivity contribution in [2.24, 2.45) is 5.16 Å². The van der Waals surface area contributed by atoms with E-state index in [4.69, 9.17) is 9.57 Å². The first-order chi connectivity index (χ1) is 9.74. The predicted octanol–water partition coefficient (Wildman–Crippen LogP) is 2.44. The van der Waals surface area contributed by atoms with E-state index in [2.05, 4.69) is 17.0 Å². The zero-order valence-electron chi connectivity index (χ0n) is 11.6. The van der Waals surface area contributed by atoms with Crippen molar-refractivity contribution in [2.75, 3.05) is 19.6 Å². The number of benzene rings is 1. The smallest absolute Gasteiger partial charge is 0.165 e. The number of likely N-dealkylation sites (tertiary alicyclic amines) is 1. The van der Waals surface area contributed by atoms with Crippen LogP contribution < -0.4 is 4.74 Å². The zero-order valence-corrected chi connectivity index (χ0v) is 11.6. The Balaban J connectivity index is 1.40. The first kappa shape index (κ1) is 13.4. The van der Waals surface area contributed by atoms with Gasteiger partial charge in [-0.15, -0.1) is 0 Å². The van der Waals surface area contributed by atoms with E-state index in [0.29, 0.717) is 5.75 Å². The summed E-state index contributed by atoms with van der Waals surface area (Å²) in [4.78, 5) is 7.64. The second kappa shape index (κ2) is 5.79. The second-order valence-electron chi connectivity index (χ2n) is 5.33. The number of para-hydroxylation sites is 1. The van der Waals surface area contributed by atoms with Crippen LogP contribution in [0.25, 0.3) is 0 Å². The van der Waals surface area contributed by atoms with E-state index in [1.165, 1.54) is 6.07 Å². The van der Waals surface area contributed by atoms with E-state index < -0.39 is 0 Å². The van der Waals surface area contributed by atoms with Crippen LogP contribution in [-0.4, -0.2) is 42.5 Å². The third-order valence-electron chi connectivity index (χ3n) is 3.72. The Morgan fingerprint density at radius 3 is 2.90 bits per heavy atom. The molecule has 0 amide bonds. The molecule has 4 nitrogen and oxygen atoms in total. The molecule has 2 aliphatic rings. The third kappa shape index (κ3) is 2.93. The summed E-state index contributed by atoms with van der Waals surface area (Å²) in [6, 6.07) is 6.53. The maximum absolute atomic E-state index is 13.4. The van der Waals surface area contributed by atoms with Crippen molar-refractivity contribution >= 4 is 5.71 Å². The lowest BCUT2D eigenvalue weighted by molar-refractivity contribution is -0.0226. The molecule has 2 aliphatic heterocycles. The van der Waals surface area contributed by atoms with Gasteiger partial charge in [0.15, 0.2) is 11.6 Å². The highest BCUT2D eigenvalue weighted by molar-refractivity contribution is 5.85. The van der Waals surface area contributed by atoms with Crippen LogP contribution in [0.15, 0.2) is 29.4 Å². The molecule has 3 rings (SSSR count). The van der Waals surface area contributed by atoms with E-state index in [1.54, 1.807) is 18.2 Å². The van der Waals surface area contributed by atoms with Gasteiger partial charge in [0.05, 0.1) is 5.71 Å². The molecule has 0 aliphatic carbocycles. The van der Waals surface area contributed by atoms with Gasteiger partial charge in [0.25, 0.3) is 0 Å². The molecule has 1 saturated heterocycles. The van der Waals surface area contributed by atoms with Gasteiger partial charge in [-0.2, -0.15) is 0 Å². The Morgan fingerprint density at radius 1 is 1.40 bits per heavy atom. The van der Waals surface area contributed by atoms with Crippen molar-refractivity contribution < 1.29 is 14.0 Å². The molecule has 1 unspecified atom stereocenters. The lowest BCUT2D eigenvalue weighted by atomic mass is 10.1. The van der Waals surface area contributed by atoms with Crippen LogP contribution in [0.4, 0.5) is 4.39 Å². The predicted molar refractivity (Wildman–Crippen MR) is 74.5 cm³/mol. The van der Waals surface area contributed by atoms with E-state index in [0.717, 1.165) is 38.2 Å². The van der Waals surface area contributed by atoms with Crippen LogP contribution in [0.2, 0.25) is 0 Å². The molecule has 108 valence electrons. The fourth-order valence-corrected chi connectivity index (χ4v) is 2.55. The first-order valence-electron chi connectivity index (χ1n) is 7.09. The quantitative estimate of drug-likeness (QED) is 0.829. The van der Waals surface area contributed by atoms with Crippen LogP contribution in [0.1, 0.15) is 19.8 Å². The van der Waals surface area contributed by atoms with Gasteiger partial charge >= 0.3 is 0 Å². The van der Waals surface area contributed by atoms with Gasteiger partial charge in [0.2, 0.25) is 0 Å². The Bertz CT molecular complexity index is 500. The molecule has 1 fully saturated rings. The van der Waals surface area contributed by atoms with Crippen molar-refractivity contribution in [2.45, 2.75) is 32.0 Å². The van der Waals surface area contributed by atoms with Gasteiger partial charge in [0.1, 0.15) is 12.2 Å². The summed E-state index contributed by atoms with van der Waals surface area (Å²) in [5.41, 5.74) is 1.13. The number of ether oxygens (including phenoxy) is 1. The number of halogens is 1. The lowest BCUT2D eigenvalue weighted by Crippen LogP contribution is -2.55. The Kier molecular flexibility index (Phi) is 3.87. The fraction of sp³-hybridized carbons (Fsp3) is 0.533. The molecule has 1 aromatic rings. The fourth-order valence-electron chi connectivity index (χ4n) is 2.55. The molecule has 2 heterocycles. The molecule has 0 radical (unpaired) electrons.